The van der Waals surface area contributed by atoms with Crippen LogP contribution in [0.1, 0.15) is 54.4 Å². The largest absolute Gasteiger partial charge is 0.484 e. The quantitative estimate of drug-likeness (QED) is 0.674. The number of nitrogens with one attached hydrogen (secondary N) is 1. The molecule has 0 spiro atoms. The number of aromatic nitrogens is 1. The topological polar surface area (TPSA) is 51.2 Å². The minimum atomic E-state index is -0.0734. The molecule has 136 valence electrons. The number of unbranched alkanes of at least 4 members (excludes halogenated alkanes) is 1. The fourth-order valence-corrected chi connectivity index (χ4v) is 3.55. The maximum Gasteiger partial charge on any atom is 0.257 e. The summed E-state index contributed by atoms with van der Waals surface area (Å²) in [5.41, 5.74) is 3.60. The Labute approximate surface area is 154 Å². The van der Waals surface area contributed by atoms with Crippen molar-refractivity contribution in [1.29, 1.82) is 0 Å². The lowest BCUT2D eigenvalue weighted by Crippen LogP contribution is -2.29. The molecule has 1 heterocycles. The maximum atomic E-state index is 11.9. The molecule has 2 aromatic rings. The molecule has 25 heavy (non-hydrogen) atoms. The molecule has 1 aromatic heterocycles. The highest BCUT2D eigenvalue weighted by molar-refractivity contribution is 7.09. The van der Waals surface area contributed by atoms with Gasteiger partial charge < -0.3 is 10.1 Å². The van der Waals surface area contributed by atoms with E-state index in [9.17, 15) is 4.79 Å². The van der Waals surface area contributed by atoms with Gasteiger partial charge in [0.2, 0.25) is 0 Å². The Morgan fingerprint density at radius 1 is 1.28 bits per heavy atom. The molecule has 0 aliphatic heterocycles. The second-order valence-electron chi connectivity index (χ2n) is 6.65. The predicted octanol–water partition coefficient (Wildman–Crippen LogP) is 4.40. The van der Waals surface area contributed by atoms with Crippen molar-refractivity contribution in [3.05, 3.63) is 45.4 Å². The van der Waals surface area contributed by atoms with Crippen LogP contribution < -0.4 is 10.1 Å². The van der Waals surface area contributed by atoms with Crippen LogP contribution in [0.15, 0.2) is 23.6 Å². The number of amides is 1. The van der Waals surface area contributed by atoms with Crippen LogP contribution in [0.4, 0.5) is 0 Å². The summed E-state index contributed by atoms with van der Waals surface area (Å²) in [5.74, 6) is 1.16. The molecule has 2 rings (SSSR count). The van der Waals surface area contributed by atoms with Crippen LogP contribution in [0.3, 0.4) is 0 Å². The van der Waals surface area contributed by atoms with Crippen LogP contribution in [-0.2, 0) is 11.2 Å². The summed E-state index contributed by atoms with van der Waals surface area (Å²) in [7, 11) is 0. The van der Waals surface area contributed by atoms with E-state index in [4.69, 9.17) is 4.74 Å². The molecule has 1 N–H and O–H groups in total. The van der Waals surface area contributed by atoms with E-state index in [2.05, 4.69) is 42.5 Å². The zero-order valence-electron chi connectivity index (χ0n) is 15.6. The lowest BCUT2D eigenvalue weighted by Gasteiger charge is -2.12. The molecular weight excluding hydrogens is 332 g/mol. The number of ether oxygens (including phenoxy) is 1. The highest BCUT2D eigenvalue weighted by Gasteiger charge is 2.07. The Hall–Kier alpha value is -1.88. The van der Waals surface area contributed by atoms with E-state index >= 15 is 0 Å². The van der Waals surface area contributed by atoms with Gasteiger partial charge in [0.1, 0.15) is 5.75 Å². The minimum Gasteiger partial charge on any atom is -0.484 e. The van der Waals surface area contributed by atoms with E-state index in [-0.39, 0.29) is 12.5 Å². The van der Waals surface area contributed by atoms with E-state index in [0.29, 0.717) is 12.5 Å². The molecule has 1 amide bonds. The fraction of sp³-hybridized carbons (Fsp3) is 0.500. The van der Waals surface area contributed by atoms with Crippen molar-refractivity contribution in [1.82, 2.24) is 10.3 Å². The highest BCUT2D eigenvalue weighted by Crippen LogP contribution is 2.23. The SMILES string of the molecule is Cc1csc(CCCCNC(=O)COc2ccc(C(C)C)c(C)c2)n1. The van der Waals surface area contributed by atoms with Crippen molar-refractivity contribution < 1.29 is 9.53 Å². The molecule has 0 bridgehead atoms. The van der Waals surface area contributed by atoms with Crippen LogP contribution in [0.25, 0.3) is 0 Å². The Kier molecular flexibility index (Phi) is 7.44. The Balaban J connectivity index is 1.63. The van der Waals surface area contributed by atoms with Gasteiger partial charge >= 0.3 is 0 Å². The first-order chi connectivity index (χ1) is 12.0. The Bertz CT molecular complexity index is 695. The van der Waals surface area contributed by atoms with Gasteiger partial charge in [-0.3, -0.25) is 4.79 Å². The average Bonchev–Trinajstić information content (AvgIpc) is 2.97. The molecule has 1 aromatic carbocycles. The third-order valence-corrected chi connectivity index (χ3v) is 5.07. The van der Waals surface area contributed by atoms with Gasteiger partial charge in [-0.2, -0.15) is 0 Å². The number of benzene rings is 1. The summed E-state index contributed by atoms with van der Waals surface area (Å²) in [4.78, 5) is 16.3. The van der Waals surface area contributed by atoms with Gasteiger partial charge in [0.05, 0.1) is 5.01 Å². The van der Waals surface area contributed by atoms with Gasteiger partial charge in [-0.05, 0) is 62.3 Å². The number of carbonyl (C=O) groups excluding carboxylic acids is 1. The van der Waals surface area contributed by atoms with E-state index in [1.54, 1.807) is 11.3 Å². The van der Waals surface area contributed by atoms with Crippen LogP contribution in [-0.4, -0.2) is 24.0 Å². The summed E-state index contributed by atoms with van der Waals surface area (Å²) in [6, 6.07) is 6.01. The monoisotopic (exact) mass is 360 g/mol. The number of hydrogen-bond donors (Lipinski definition) is 1. The van der Waals surface area contributed by atoms with Gasteiger partial charge in [-0.25, -0.2) is 4.98 Å². The molecular formula is C20H28N2O2S. The zero-order valence-corrected chi connectivity index (χ0v) is 16.4. The smallest absolute Gasteiger partial charge is 0.257 e. The molecule has 0 aliphatic rings. The Morgan fingerprint density at radius 3 is 2.72 bits per heavy atom. The predicted molar refractivity (Wildman–Crippen MR) is 104 cm³/mol. The normalized spacial score (nSPS) is 10.9. The van der Waals surface area contributed by atoms with Gasteiger partial charge in [0.25, 0.3) is 5.91 Å². The molecule has 0 atom stereocenters. The van der Waals surface area contributed by atoms with Crippen molar-refractivity contribution in [2.24, 2.45) is 0 Å². The Morgan fingerprint density at radius 2 is 2.08 bits per heavy atom. The fourth-order valence-electron chi connectivity index (χ4n) is 2.73. The van der Waals surface area contributed by atoms with Crippen LogP contribution in [0.2, 0.25) is 0 Å². The second-order valence-corrected chi connectivity index (χ2v) is 7.59. The third kappa shape index (κ3) is 6.50. The zero-order chi connectivity index (χ0) is 18.2. The molecule has 0 aliphatic carbocycles. The summed E-state index contributed by atoms with van der Waals surface area (Å²) in [6.07, 6.45) is 2.96. The van der Waals surface area contributed by atoms with Crippen molar-refractivity contribution in [2.75, 3.05) is 13.2 Å². The maximum absolute atomic E-state index is 11.9. The number of rotatable bonds is 9. The van der Waals surface area contributed by atoms with Crippen molar-refractivity contribution >= 4 is 17.2 Å². The summed E-state index contributed by atoms with van der Waals surface area (Å²) >= 11 is 1.70. The van der Waals surface area contributed by atoms with Crippen LogP contribution in [0.5, 0.6) is 5.75 Å². The second kappa shape index (κ2) is 9.56. The van der Waals surface area contributed by atoms with Crippen molar-refractivity contribution in [3.8, 4) is 5.75 Å². The number of carbonyl (C=O) groups is 1. The first-order valence-corrected chi connectivity index (χ1v) is 9.74. The van der Waals surface area contributed by atoms with Crippen LogP contribution >= 0.6 is 11.3 Å². The summed E-state index contributed by atoms with van der Waals surface area (Å²) < 4.78 is 5.59. The standard InChI is InChI=1S/C20H28N2O2S/c1-14(2)18-9-8-17(11-15(18)3)24-12-19(23)21-10-6-5-7-20-22-16(4)13-25-20/h8-9,11,13-14H,5-7,10,12H2,1-4H3,(H,21,23). The van der Waals surface area contributed by atoms with Gasteiger partial charge in [-0.15, -0.1) is 11.3 Å². The molecule has 4 nitrogen and oxygen atoms in total. The van der Waals surface area contributed by atoms with Crippen LogP contribution in [0, 0.1) is 13.8 Å². The van der Waals surface area contributed by atoms with E-state index in [1.165, 1.54) is 16.1 Å². The minimum absolute atomic E-state index is 0.0616. The molecule has 0 saturated carbocycles. The molecule has 5 heteroatoms. The third-order valence-electron chi connectivity index (χ3n) is 4.04. The van der Waals surface area contributed by atoms with E-state index in [0.717, 1.165) is 30.7 Å². The lowest BCUT2D eigenvalue weighted by atomic mass is 9.98. The van der Waals surface area contributed by atoms with Gasteiger partial charge in [-0.1, -0.05) is 19.9 Å². The number of nitrogens with zero attached hydrogens (tertiary/aromatic N) is 1. The van der Waals surface area contributed by atoms with Crippen molar-refractivity contribution in [2.45, 2.75) is 52.9 Å². The van der Waals surface area contributed by atoms with Crippen molar-refractivity contribution in [3.63, 3.8) is 0 Å². The van der Waals surface area contributed by atoms with E-state index in [1.807, 2.05) is 19.1 Å². The molecule has 0 unspecified atom stereocenters. The molecule has 0 radical (unpaired) electrons. The average molecular weight is 361 g/mol. The lowest BCUT2D eigenvalue weighted by molar-refractivity contribution is -0.123. The number of thiazole rings is 1. The van der Waals surface area contributed by atoms with E-state index < -0.39 is 0 Å². The first-order valence-electron chi connectivity index (χ1n) is 8.86. The summed E-state index contributed by atoms with van der Waals surface area (Å²) in [6.45, 7) is 9.17. The summed E-state index contributed by atoms with van der Waals surface area (Å²) in [5, 5.41) is 6.15. The first kappa shape index (κ1) is 19.4. The molecule has 0 fully saturated rings. The molecule has 0 saturated heterocycles. The highest BCUT2D eigenvalue weighted by atomic mass is 32.1. The number of hydrogen-bond acceptors (Lipinski definition) is 4. The van der Waals surface area contributed by atoms with Gasteiger partial charge in [0.15, 0.2) is 6.61 Å². The number of aryl methyl sites for hydroxylation is 3. The van der Waals surface area contributed by atoms with Gasteiger partial charge in [0, 0.05) is 17.6 Å².